The van der Waals surface area contributed by atoms with Crippen LogP contribution in [0.2, 0.25) is 0 Å². The van der Waals surface area contributed by atoms with Gasteiger partial charge in [0, 0.05) is 11.3 Å². The Kier molecular flexibility index (Phi) is 4.65. The number of carbonyl (C=O) groups is 1. The van der Waals surface area contributed by atoms with Crippen LogP contribution in [0.5, 0.6) is 5.75 Å². The molecule has 0 saturated carbocycles. The van der Waals surface area contributed by atoms with Crippen LogP contribution in [-0.4, -0.2) is 18.0 Å². The van der Waals surface area contributed by atoms with E-state index in [1.54, 1.807) is 18.4 Å². The van der Waals surface area contributed by atoms with E-state index in [1.807, 2.05) is 78.9 Å². The van der Waals surface area contributed by atoms with Gasteiger partial charge in [0.25, 0.3) is 5.91 Å². The number of ether oxygens (including phenoxy) is 1. The minimum Gasteiger partial charge on any atom is -0.496 e. The van der Waals surface area contributed by atoms with Gasteiger partial charge >= 0.3 is 0 Å². The molecule has 146 valence electrons. The highest BCUT2D eigenvalue weighted by Gasteiger charge is 2.15. The zero-order chi connectivity index (χ0) is 20.5. The van der Waals surface area contributed by atoms with Crippen molar-refractivity contribution < 1.29 is 9.53 Å². The number of hydrogen-bond donors (Lipinski definition) is 1. The summed E-state index contributed by atoms with van der Waals surface area (Å²) in [5.74, 6) is 0.340. The molecule has 30 heavy (non-hydrogen) atoms. The number of hydrogen-bond acceptors (Lipinski definition) is 4. The average molecular weight is 410 g/mol. The molecule has 0 fully saturated rings. The monoisotopic (exact) mass is 410 g/mol. The molecule has 5 heteroatoms. The Hall–Kier alpha value is -3.70. The van der Waals surface area contributed by atoms with E-state index < -0.39 is 0 Å². The van der Waals surface area contributed by atoms with Crippen molar-refractivity contribution in [1.82, 2.24) is 4.98 Å². The number of nitrogens with one attached hydrogen (secondary N) is 1. The SMILES string of the molecule is COc1cc2ccccc2cc1C(=O)Nc1cccc(-c2nc3ccccc3s2)c1. The van der Waals surface area contributed by atoms with Crippen molar-refractivity contribution in [1.29, 1.82) is 0 Å². The lowest BCUT2D eigenvalue weighted by Gasteiger charge is -2.11. The van der Waals surface area contributed by atoms with Crippen LogP contribution in [0.4, 0.5) is 5.69 Å². The first kappa shape index (κ1) is 18.3. The van der Waals surface area contributed by atoms with E-state index in [9.17, 15) is 4.79 Å². The minimum absolute atomic E-state index is 0.209. The van der Waals surface area contributed by atoms with Gasteiger partial charge in [0.2, 0.25) is 0 Å². The van der Waals surface area contributed by atoms with Crippen LogP contribution in [0.1, 0.15) is 10.4 Å². The van der Waals surface area contributed by atoms with Gasteiger partial charge in [-0.25, -0.2) is 4.98 Å². The van der Waals surface area contributed by atoms with Crippen molar-refractivity contribution in [3.05, 3.63) is 90.5 Å². The molecule has 0 unspecified atom stereocenters. The molecule has 4 aromatic carbocycles. The molecule has 5 rings (SSSR count). The van der Waals surface area contributed by atoms with E-state index >= 15 is 0 Å². The molecule has 0 bridgehead atoms. The van der Waals surface area contributed by atoms with Crippen molar-refractivity contribution in [3.63, 3.8) is 0 Å². The lowest BCUT2D eigenvalue weighted by atomic mass is 10.1. The summed E-state index contributed by atoms with van der Waals surface area (Å²) in [5.41, 5.74) is 3.17. The van der Waals surface area contributed by atoms with E-state index in [0.717, 1.165) is 31.6 Å². The molecule has 0 radical (unpaired) electrons. The van der Waals surface area contributed by atoms with E-state index in [4.69, 9.17) is 9.72 Å². The van der Waals surface area contributed by atoms with E-state index in [2.05, 4.69) is 11.4 Å². The second kappa shape index (κ2) is 7.61. The fourth-order valence-corrected chi connectivity index (χ4v) is 4.45. The zero-order valence-corrected chi connectivity index (χ0v) is 17.1. The van der Waals surface area contributed by atoms with Crippen molar-refractivity contribution in [3.8, 4) is 16.3 Å². The average Bonchev–Trinajstić information content (AvgIpc) is 3.23. The van der Waals surface area contributed by atoms with Gasteiger partial charge in [0.15, 0.2) is 0 Å². The number of methoxy groups -OCH3 is 1. The van der Waals surface area contributed by atoms with Crippen LogP contribution in [0.15, 0.2) is 84.9 Å². The molecule has 4 nitrogen and oxygen atoms in total. The van der Waals surface area contributed by atoms with Crippen molar-refractivity contribution >= 4 is 43.9 Å². The largest absolute Gasteiger partial charge is 0.496 e. The van der Waals surface area contributed by atoms with Gasteiger partial charge in [-0.3, -0.25) is 4.79 Å². The molecule has 1 N–H and O–H groups in total. The molecule has 0 saturated heterocycles. The summed E-state index contributed by atoms with van der Waals surface area (Å²) in [7, 11) is 1.58. The van der Waals surface area contributed by atoms with Crippen LogP contribution < -0.4 is 10.1 Å². The predicted molar refractivity (Wildman–Crippen MR) is 124 cm³/mol. The number of carbonyl (C=O) groups excluding carboxylic acids is 1. The summed E-state index contributed by atoms with van der Waals surface area (Å²) in [6.45, 7) is 0. The molecule has 1 amide bonds. The maximum Gasteiger partial charge on any atom is 0.259 e. The molecule has 5 aromatic rings. The number of rotatable bonds is 4. The first-order valence-electron chi connectivity index (χ1n) is 9.55. The number of aromatic nitrogens is 1. The Morgan fingerprint density at radius 1 is 0.900 bits per heavy atom. The smallest absolute Gasteiger partial charge is 0.259 e. The number of nitrogens with zero attached hydrogens (tertiary/aromatic N) is 1. The molecule has 0 aliphatic heterocycles. The number of para-hydroxylation sites is 1. The standard InChI is InChI=1S/C25H18N2O2S/c1-29-22-15-17-8-3-2-7-16(17)14-20(22)24(28)26-19-10-6-9-18(13-19)25-27-21-11-4-5-12-23(21)30-25/h2-15H,1H3,(H,26,28). The van der Waals surface area contributed by atoms with Gasteiger partial charge in [-0.15, -0.1) is 11.3 Å². The third-order valence-electron chi connectivity index (χ3n) is 4.97. The minimum atomic E-state index is -0.209. The first-order chi connectivity index (χ1) is 14.7. The highest BCUT2D eigenvalue weighted by atomic mass is 32.1. The zero-order valence-electron chi connectivity index (χ0n) is 16.3. The normalized spacial score (nSPS) is 11.0. The van der Waals surface area contributed by atoms with E-state index in [-0.39, 0.29) is 5.91 Å². The highest BCUT2D eigenvalue weighted by Crippen LogP contribution is 2.32. The van der Waals surface area contributed by atoms with Gasteiger partial charge in [0.05, 0.1) is 22.9 Å². The van der Waals surface area contributed by atoms with E-state index in [1.165, 1.54) is 0 Å². The van der Waals surface area contributed by atoms with Gasteiger partial charge in [-0.1, -0.05) is 48.5 Å². The molecule has 0 aliphatic carbocycles. The number of benzene rings is 4. The Morgan fingerprint density at radius 3 is 2.47 bits per heavy atom. The summed E-state index contributed by atoms with van der Waals surface area (Å²) in [6, 6.07) is 27.5. The fourth-order valence-electron chi connectivity index (χ4n) is 3.49. The Morgan fingerprint density at radius 2 is 1.67 bits per heavy atom. The molecule has 0 spiro atoms. The van der Waals surface area contributed by atoms with Gasteiger partial charge in [-0.2, -0.15) is 0 Å². The molecule has 0 atom stereocenters. The first-order valence-corrected chi connectivity index (χ1v) is 10.4. The third kappa shape index (κ3) is 3.40. The predicted octanol–water partition coefficient (Wildman–Crippen LogP) is 6.38. The molecular formula is C25H18N2O2S. The summed E-state index contributed by atoms with van der Waals surface area (Å²) < 4.78 is 6.61. The summed E-state index contributed by atoms with van der Waals surface area (Å²) in [4.78, 5) is 17.7. The quantitative estimate of drug-likeness (QED) is 0.374. The van der Waals surface area contributed by atoms with Gasteiger partial charge in [-0.05, 0) is 47.2 Å². The Labute approximate surface area is 177 Å². The van der Waals surface area contributed by atoms with Crippen LogP contribution in [-0.2, 0) is 0 Å². The summed E-state index contributed by atoms with van der Waals surface area (Å²) >= 11 is 1.64. The van der Waals surface area contributed by atoms with Gasteiger partial charge in [0.1, 0.15) is 10.8 Å². The van der Waals surface area contributed by atoms with Gasteiger partial charge < -0.3 is 10.1 Å². The van der Waals surface area contributed by atoms with Crippen molar-refractivity contribution in [2.75, 3.05) is 12.4 Å². The Bertz CT molecular complexity index is 1360. The van der Waals surface area contributed by atoms with Crippen LogP contribution >= 0.6 is 11.3 Å². The molecular weight excluding hydrogens is 392 g/mol. The van der Waals surface area contributed by atoms with Crippen molar-refractivity contribution in [2.45, 2.75) is 0 Å². The molecule has 0 aliphatic rings. The molecule has 1 heterocycles. The second-order valence-electron chi connectivity index (χ2n) is 6.92. The second-order valence-corrected chi connectivity index (χ2v) is 7.95. The summed E-state index contributed by atoms with van der Waals surface area (Å²) in [6.07, 6.45) is 0. The maximum absolute atomic E-state index is 13.0. The Balaban J connectivity index is 1.47. The highest BCUT2D eigenvalue weighted by molar-refractivity contribution is 7.21. The van der Waals surface area contributed by atoms with Crippen LogP contribution in [0.25, 0.3) is 31.6 Å². The number of fused-ring (bicyclic) bond motifs is 2. The topological polar surface area (TPSA) is 51.2 Å². The van der Waals surface area contributed by atoms with E-state index in [0.29, 0.717) is 17.0 Å². The number of anilines is 1. The lowest BCUT2D eigenvalue weighted by Crippen LogP contribution is -2.13. The number of amides is 1. The number of thiazole rings is 1. The molecule has 1 aromatic heterocycles. The maximum atomic E-state index is 13.0. The lowest BCUT2D eigenvalue weighted by molar-refractivity contribution is 0.102. The fraction of sp³-hybridized carbons (Fsp3) is 0.0400. The third-order valence-corrected chi connectivity index (χ3v) is 6.06. The summed E-state index contributed by atoms with van der Waals surface area (Å²) in [5, 5.41) is 5.95. The van der Waals surface area contributed by atoms with Crippen LogP contribution in [0.3, 0.4) is 0 Å². The van der Waals surface area contributed by atoms with Crippen molar-refractivity contribution in [2.24, 2.45) is 0 Å². The van der Waals surface area contributed by atoms with Crippen LogP contribution in [0, 0.1) is 0 Å².